The average Bonchev–Trinajstić information content (AvgIpc) is 2.36. The van der Waals surface area contributed by atoms with Crippen LogP contribution in [0.5, 0.6) is 5.75 Å². The zero-order chi connectivity index (χ0) is 11.4. The number of aryl methyl sites for hydroxylation is 2. The molecule has 1 unspecified atom stereocenters. The van der Waals surface area contributed by atoms with Gasteiger partial charge in [-0.05, 0) is 42.4 Å². The van der Waals surface area contributed by atoms with Gasteiger partial charge in [0.05, 0.1) is 0 Å². The molecular formula is C13H19NO. The van der Waals surface area contributed by atoms with Gasteiger partial charge in [0.25, 0.3) is 0 Å². The summed E-state index contributed by atoms with van der Waals surface area (Å²) in [6.07, 6.45) is 0.961. The molecule has 1 aliphatic carbocycles. The van der Waals surface area contributed by atoms with Crippen LogP contribution in [0.3, 0.4) is 0 Å². The van der Waals surface area contributed by atoms with Gasteiger partial charge in [-0.1, -0.05) is 19.9 Å². The van der Waals surface area contributed by atoms with E-state index < -0.39 is 0 Å². The van der Waals surface area contributed by atoms with Crippen molar-refractivity contribution in [3.05, 3.63) is 28.3 Å². The van der Waals surface area contributed by atoms with Crippen LogP contribution >= 0.6 is 0 Å². The molecule has 0 fully saturated rings. The molecule has 2 heteroatoms. The van der Waals surface area contributed by atoms with Gasteiger partial charge in [-0.25, -0.2) is 0 Å². The summed E-state index contributed by atoms with van der Waals surface area (Å²) in [4.78, 5) is 0. The van der Waals surface area contributed by atoms with Gasteiger partial charge < -0.3 is 10.8 Å². The lowest BCUT2D eigenvalue weighted by molar-refractivity contribution is 0.314. The molecule has 0 aliphatic heterocycles. The van der Waals surface area contributed by atoms with Crippen molar-refractivity contribution in [2.45, 2.75) is 40.2 Å². The van der Waals surface area contributed by atoms with Gasteiger partial charge in [0.1, 0.15) is 5.75 Å². The molecule has 2 rings (SSSR count). The highest BCUT2D eigenvalue weighted by molar-refractivity contribution is 5.54. The van der Waals surface area contributed by atoms with Crippen LogP contribution in [0.15, 0.2) is 6.07 Å². The Labute approximate surface area is 91.1 Å². The second kappa shape index (κ2) is 2.99. The minimum atomic E-state index is -0.0499. The molecule has 0 bridgehead atoms. The van der Waals surface area contributed by atoms with Crippen LogP contribution in [0.1, 0.15) is 42.1 Å². The molecule has 0 amide bonds. The van der Waals surface area contributed by atoms with E-state index in [-0.39, 0.29) is 11.5 Å². The number of phenolic OH excluding ortho intramolecular Hbond substituents is 1. The Bertz CT molecular complexity index is 421. The Kier molecular flexibility index (Phi) is 2.09. The minimum Gasteiger partial charge on any atom is -0.507 e. The van der Waals surface area contributed by atoms with Crippen molar-refractivity contribution in [1.29, 1.82) is 0 Å². The van der Waals surface area contributed by atoms with E-state index in [1.54, 1.807) is 0 Å². The predicted octanol–water partition coefficient (Wildman–Crippen LogP) is 2.59. The van der Waals surface area contributed by atoms with Gasteiger partial charge in [-0.2, -0.15) is 0 Å². The first-order valence-corrected chi connectivity index (χ1v) is 5.42. The van der Waals surface area contributed by atoms with E-state index in [9.17, 15) is 5.11 Å². The van der Waals surface area contributed by atoms with Gasteiger partial charge in [-0.3, -0.25) is 0 Å². The van der Waals surface area contributed by atoms with Crippen molar-refractivity contribution in [2.24, 2.45) is 11.1 Å². The number of nitrogens with two attached hydrogens (primary N) is 1. The minimum absolute atomic E-state index is 0.0499. The van der Waals surface area contributed by atoms with Crippen molar-refractivity contribution < 1.29 is 5.11 Å². The number of benzene rings is 1. The quantitative estimate of drug-likeness (QED) is 0.684. The predicted molar refractivity (Wildman–Crippen MR) is 62.0 cm³/mol. The first-order chi connectivity index (χ1) is 6.84. The first-order valence-electron chi connectivity index (χ1n) is 5.42. The number of fused-ring (bicyclic) bond motifs is 1. The van der Waals surface area contributed by atoms with Crippen molar-refractivity contribution in [3.8, 4) is 5.75 Å². The zero-order valence-electron chi connectivity index (χ0n) is 9.89. The lowest BCUT2D eigenvalue weighted by atomic mass is 9.86. The van der Waals surface area contributed by atoms with Crippen LogP contribution in [-0.4, -0.2) is 5.11 Å². The highest BCUT2D eigenvalue weighted by Gasteiger charge is 2.39. The topological polar surface area (TPSA) is 46.2 Å². The number of aromatic hydroxyl groups is 1. The van der Waals surface area contributed by atoms with E-state index in [4.69, 9.17) is 5.73 Å². The number of rotatable bonds is 0. The molecule has 0 heterocycles. The molecule has 1 aromatic rings. The maximum absolute atomic E-state index is 10.1. The van der Waals surface area contributed by atoms with E-state index in [1.807, 2.05) is 13.0 Å². The highest BCUT2D eigenvalue weighted by atomic mass is 16.3. The van der Waals surface area contributed by atoms with Gasteiger partial charge in [0.2, 0.25) is 0 Å². The zero-order valence-corrected chi connectivity index (χ0v) is 9.89. The molecule has 2 nitrogen and oxygen atoms in total. The van der Waals surface area contributed by atoms with Crippen molar-refractivity contribution in [3.63, 3.8) is 0 Å². The van der Waals surface area contributed by atoms with E-state index in [1.165, 1.54) is 11.1 Å². The molecule has 15 heavy (non-hydrogen) atoms. The second-order valence-corrected chi connectivity index (χ2v) is 5.39. The van der Waals surface area contributed by atoms with E-state index >= 15 is 0 Å². The molecule has 1 aliphatic rings. The SMILES string of the molecule is Cc1cc(C)c2c(c1O)C(N)C(C)(C)C2. The Balaban J connectivity index is 2.69. The fourth-order valence-electron chi connectivity index (χ4n) is 2.57. The van der Waals surface area contributed by atoms with Crippen LogP contribution in [0.4, 0.5) is 0 Å². The molecule has 82 valence electrons. The number of hydrogen-bond acceptors (Lipinski definition) is 2. The standard InChI is InChI=1S/C13H19NO/c1-7-5-8(2)11(15)10-9(7)6-13(3,4)12(10)14/h5,12,15H,6,14H2,1-4H3. The van der Waals surface area contributed by atoms with Crippen LogP contribution in [-0.2, 0) is 6.42 Å². The Morgan fingerprint density at radius 2 is 1.93 bits per heavy atom. The molecule has 0 saturated carbocycles. The van der Waals surface area contributed by atoms with Crippen molar-refractivity contribution in [2.75, 3.05) is 0 Å². The lowest BCUT2D eigenvalue weighted by Gasteiger charge is -2.23. The van der Waals surface area contributed by atoms with Gasteiger partial charge >= 0.3 is 0 Å². The fourth-order valence-corrected chi connectivity index (χ4v) is 2.57. The first kappa shape index (κ1) is 10.5. The Morgan fingerprint density at radius 1 is 1.33 bits per heavy atom. The largest absolute Gasteiger partial charge is 0.507 e. The summed E-state index contributed by atoms with van der Waals surface area (Å²) in [6.45, 7) is 8.35. The molecule has 0 saturated heterocycles. The lowest BCUT2D eigenvalue weighted by Crippen LogP contribution is -2.24. The van der Waals surface area contributed by atoms with Crippen molar-refractivity contribution >= 4 is 0 Å². The third-order valence-corrected chi connectivity index (χ3v) is 3.65. The summed E-state index contributed by atoms with van der Waals surface area (Å²) < 4.78 is 0. The van der Waals surface area contributed by atoms with E-state index in [0.29, 0.717) is 5.75 Å². The van der Waals surface area contributed by atoms with Gasteiger partial charge in [0.15, 0.2) is 0 Å². The molecular weight excluding hydrogens is 186 g/mol. The number of hydrogen-bond donors (Lipinski definition) is 2. The third kappa shape index (κ3) is 1.36. The smallest absolute Gasteiger partial charge is 0.123 e. The van der Waals surface area contributed by atoms with E-state index in [0.717, 1.165) is 17.5 Å². The van der Waals surface area contributed by atoms with Gasteiger partial charge in [-0.15, -0.1) is 0 Å². The second-order valence-electron chi connectivity index (χ2n) is 5.39. The van der Waals surface area contributed by atoms with Crippen molar-refractivity contribution in [1.82, 2.24) is 0 Å². The third-order valence-electron chi connectivity index (χ3n) is 3.65. The summed E-state index contributed by atoms with van der Waals surface area (Å²) in [5.74, 6) is 0.397. The van der Waals surface area contributed by atoms with E-state index in [2.05, 4.69) is 20.8 Å². The summed E-state index contributed by atoms with van der Waals surface area (Å²) in [5.41, 5.74) is 10.7. The van der Waals surface area contributed by atoms with Gasteiger partial charge in [0, 0.05) is 11.6 Å². The maximum atomic E-state index is 10.1. The summed E-state index contributed by atoms with van der Waals surface area (Å²) in [6, 6.07) is 1.99. The normalized spacial score (nSPS) is 22.9. The molecule has 0 spiro atoms. The summed E-state index contributed by atoms with van der Waals surface area (Å²) in [7, 11) is 0. The Hall–Kier alpha value is -1.02. The molecule has 1 aromatic carbocycles. The van der Waals surface area contributed by atoms with Crippen LogP contribution in [0.25, 0.3) is 0 Å². The summed E-state index contributed by atoms with van der Waals surface area (Å²) in [5, 5.41) is 10.1. The molecule has 0 radical (unpaired) electrons. The summed E-state index contributed by atoms with van der Waals surface area (Å²) >= 11 is 0. The molecule has 1 atom stereocenters. The van der Waals surface area contributed by atoms with Crippen LogP contribution < -0.4 is 5.73 Å². The maximum Gasteiger partial charge on any atom is 0.123 e. The fraction of sp³-hybridized carbons (Fsp3) is 0.538. The highest BCUT2D eigenvalue weighted by Crippen LogP contribution is 2.49. The Morgan fingerprint density at radius 3 is 2.53 bits per heavy atom. The van der Waals surface area contributed by atoms with Crippen LogP contribution in [0, 0.1) is 19.3 Å². The molecule has 3 N–H and O–H groups in total. The molecule has 0 aromatic heterocycles. The van der Waals surface area contributed by atoms with Crippen LogP contribution in [0.2, 0.25) is 0 Å². The average molecular weight is 205 g/mol. The monoisotopic (exact) mass is 205 g/mol. The number of phenols is 1.